The third kappa shape index (κ3) is 4.09. The van der Waals surface area contributed by atoms with E-state index < -0.39 is 6.10 Å². The summed E-state index contributed by atoms with van der Waals surface area (Å²) in [5, 5.41) is 22.4. The first kappa shape index (κ1) is 13.6. The summed E-state index contributed by atoms with van der Waals surface area (Å²) >= 11 is 0. The van der Waals surface area contributed by atoms with Crippen molar-refractivity contribution < 1.29 is 10.2 Å². The highest BCUT2D eigenvalue weighted by Gasteiger charge is 2.06. The molecule has 3 heteroatoms. The average molecular weight is 257 g/mol. The van der Waals surface area contributed by atoms with E-state index in [0.717, 1.165) is 12.1 Å². The van der Waals surface area contributed by atoms with E-state index in [9.17, 15) is 10.2 Å². The molecule has 100 valence electrons. The maximum atomic E-state index is 10.00. The van der Waals surface area contributed by atoms with Gasteiger partial charge in [0, 0.05) is 13.1 Å². The summed E-state index contributed by atoms with van der Waals surface area (Å²) in [6.45, 7) is 3.28. The molecule has 0 saturated heterocycles. The SMILES string of the molecule is Cc1cccc(CNCC(O)c2ccc(O)cc2)c1. The Balaban J connectivity index is 1.84. The van der Waals surface area contributed by atoms with Crippen molar-refractivity contribution in [1.82, 2.24) is 5.32 Å². The van der Waals surface area contributed by atoms with Gasteiger partial charge in [0.2, 0.25) is 0 Å². The van der Waals surface area contributed by atoms with Crippen LogP contribution in [0.15, 0.2) is 48.5 Å². The average Bonchev–Trinajstić information content (AvgIpc) is 2.39. The van der Waals surface area contributed by atoms with Crippen LogP contribution in [0.2, 0.25) is 0 Å². The molecule has 2 rings (SSSR count). The summed E-state index contributed by atoms with van der Waals surface area (Å²) in [7, 11) is 0. The second-order valence-electron chi connectivity index (χ2n) is 4.73. The van der Waals surface area contributed by atoms with E-state index in [2.05, 4.69) is 30.4 Å². The number of aromatic hydroxyl groups is 1. The van der Waals surface area contributed by atoms with Crippen molar-refractivity contribution in [2.24, 2.45) is 0 Å². The van der Waals surface area contributed by atoms with Gasteiger partial charge in [-0.05, 0) is 30.2 Å². The van der Waals surface area contributed by atoms with Gasteiger partial charge in [-0.2, -0.15) is 0 Å². The summed E-state index contributed by atoms with van der Waals surface area (Å²) in [6.07, 6.45) is -0.564. The molecule has 0 heterocycles. The number of phenols is 1. The van der Waals surface area contributed by atoms with E-state index in [1.165, 1.54) is 11.1 Å². The summed E-state index contributed by atoms with van der Waals surface area (Å²) < 4.78 is 0. The Bertz CT molecular complexity index is 523. The van der Waals surface area contributed by atoms with Gasteiger partial charge in [-0.1, -0.05) is 42.0 Å². The molecule has 2 aromatic rings. The zero-order valence-corrected chi connectivity index (χ0v) is 11.0. The Morgan fingerprint density at radius 3 is 2.53 bits per heavy atom. The van der Waals surface area contributed by atoms with Crippen LogP contribution in [-0.4, -0.2) is 16.8 Å². The molecule has 0 radical (unpaired) electrons. The van der Waals surface area contributed by atoms with Crippen LogP contribution in [0.4, 0.5) is 0 Å². The Kier molecular flexibility index (Phi) is 4.55. The second-order valence-corrected chi connectivity index (χ2v) is 4.73. The third-order valence-corrected chi connectivity index (χ3v) is 3.03. The predicted molar refractivity (Wildman–Crippen MR) is 76.0 cm³/mol. The van der Waals surface area contributed by atoms with Gasteiger partial charge in [0.15, 0.2) is 0 Å². The van der Waals surface area contributed by atoms with E-state index >= 15 is 0 Å². The minimum Gasteiger partial charge on any atom is -0.508 e. The van der Waals surface area contributed by atoms with Gasteiger partial charge in [0.25, 0.3) is 0 Å². The fourth-order valence-electron chi connectivity index (χ4n) is 1.99. The molecule has 0 aromatic heterocycles. The van der Waals surface area contributed by atoms with Crippen LogP contribution in [0.1, 0.15) is 22.8 Å². The number of phenolic OH excluding ortho intramolecular Hbond substituents is 1. The minimum atomic E-state index is -0.564. The van der Waals surface area contributed by atoms with Crippen molar-refractivity contribution in [3.63, 3.8) is 0 Å². The lowest BCUT2D eigenvalue weighted by atomic mass is 10.1. The summed E-state index contributed by atoms with van der Waals surface area (Å²) in [4.78, 5) is 0. The fraction of sp³-hybridized carbons (Fsp3) is 0.250. The van der Waals surface area contributed by atoms with Gasteiger partial charge < -0.3 is 15.5 Å². The van der Waals surface area contributed by atoms with Crippen LogP contribution in [0.3, 0.4) is 0 Å². The number of rotatable bonds is 5. The summed E-state index contributed by atoms with van der Waals surface area (Å²) in [6, 6.07) is 14.9. The van der Waals surface area contributed by atoms with Gasteiger partial charge in [-0.3, -0.25) is 0 Å². The Morgan fingerprint density at radius 1 is 1.11 bits per heavy atom. The zero-order valence-electron chi connectivity index (χ0n) is 11.0. The molecule has 3 N–H and O–H groups in total. The van der Waals surface area contributed by atoms with E-state index in [1.807, 2.05) is 6.07 Å². The number of aryl methyl sites for hydroxylation is 1. The van der Waals surface area contributed by atoms with Gasteiger partial charge >= 0.3 is 0 Å². The monoisotopic (exact) mass is 257 g/mol. The van der Waals surface area contributed by atoms with Crippen LogP contribution >= 0.6 is 0 Å². The van der Waals surface area contributed by atoms with Gasteiger partial charge in [-0.15, -0.1) is 0 Å². The molecule has 0 aliphatic carbocycles. The summed E-state index contributed by atoms with van der Waals surface area (Å²) in [5.41, 5.74) is 3.24. The van der Waals surface area contributed by atoms with Crippen molar-refractivity contribution >= 4 is 0 Å². The Hall–Kier alpha value is -1.84. The minimum absolute atomic E-state index is 0.212. The van der Waals surface area contributed by atoms with Crippen molar-refractivity contribution in [2.45, 2.75) is 19.6 Å². The normalized spacial score (nSPS) is 12.3. The van der Waals surface area contributed by atoms with Crippen LogP contribution in [0.5, 0.6) is 5.75 Å². The van der Waals surface area contributed by atoms with Gasteiger partial charge in [0.1, 0.15) is 5.75 Å². The standard InChI is InChI=1S/C16H19NO2/c1-12-3-2-4-13(9-12)10-17-11-16(19)14-5-7-15(18)8-6-14/h2-9,16-19H,10-11H2,1H3. The quantitative estimate of drug-likeness (QED) is 0.771. The van der Waals surface area contributed by atoms with Crippen LogP contribution in [0, 0.1) is 6.92 Å². The van der Waals surface area contributed by atoms with E-state index in [4.69, 9.17) is 0 Å². The molecular formula is C16H19NO2. The van der Waals surface area contributed by atoms with Crippen molar-refractivity contribution in [3.05, 3.63) is 65.2 Å². The molecule has 0 aliphatic heterocycles. The first-order chi connectivity index (χ1) is 9.15. The Morgan fingerprint density at radius 2 is 1.84 bits per heavy atom. The highest BCUT2D eigenvalue weighted by Crippen LogP contribution is 2.16. The highest BCUT2D eigenvalue weighted by molar-refractivity contribution is 5.27. The first-order valence-corrected chi connectivity index (χ1v) is 6.38. The topological polar surface area (TPSA) is 52.5 Å². The molecule has 0 aliphatic rings. The molecule has 1 unspecified atom stereocenters. The molecular weight excluding hydrogens is 238 g/mol. The van der Waals surface area contributed by atoms with Crippen molar-refractivity contribution in [3.8, 4) is 5.75 Å². The number of hydrogen-bond donors (Lipinski definition) is 3. The number of benzene rings is 2. The maximum Gasteiger partial charge on any atom is 0.115 e. The number of nitrogens with one attached hydrogen (secondary N) is 1. The summed E-state index contributed by atoms with van der Waals surface area (Å²) in [5.74, 6) is 0.212. The highest BCUT2D eigenvalue weighted by atomic mass is 16.3. The molecule has 0 fully saturated rings. The lowest BCUT2D eigenvalue weighted by Crippen LogP contribution is -2.21. The van der Waals surface area contributed by atoms with E-state index in [1.54, 1.807) is 24.3 Å². The van der Waals surface area contributed by atoms with E-state index in [-0.39, 0.29) is 5.75 Å². The molecule has 19 heavy (non-hydrogen) atoms. The van der Waals surface area contributed by atoms with Crippen LogP contribution < -0.4 is 5.32 Å². The fourth-order valence-corrected chi connectivity index (χ4v) is 1.99. The lowest BCUT2D eigenvalue weighted by Gasteiger charge is -2.12. The number of aliphatic hydroxyl groups excluding tert-OH is 1. The van der Waals surface area contributed by atoms with Crippen molar-refractivity contribution in [1.29, 1.82) is 0 Å². The largest absolute Gasteiger partial charge is 0.508 e. The van der Waals surface area contributed by atoms with Crippen LogP contribution in [0.25, 0.3) is 0 Å². The van der Waals surface area contributed by atoms with E-state index in [0.29, 0.717) is 6.54 Å². The van der Waals surface area contributed by atoms with Gasteiger partial charge in [0.05, 0.1) is 6.10 Å². The molecule has 2 aromatic carbocycles. The Labute approximate surface area is 113 Å². The molecule has 0 amide bonds. The molecule has 3 nitrogen and oxygen atoms in total. The molecule has 0 spiro atoms. The molecule has 0 saturated carbocycles. The number of aliphatic hydroxyl groups is 1. The van der Waals surface area contributed by atoms with Gasteiger partial charge in [-0.25, -0.2) is 0 Å². The number of hydrogen-bond acceptors (Lipinski definition) is 3. The smallest absolute Gasteiger partial charge is 0.115 e. The maximum absolute atomic E-state index is 10.00. The molecule has 1 atom stereocenters. The first-order valence-electron chi connectivity index (χ1n) is 6.38. The lowest BCUT2D eigenvalue weighted by molar-refractivity contribution is 0.174. The van der Waals surface area contributed by atoms with Crippen LogP contribution in [-0.2, 0) is 6.54 Å². The second kappa shape index (κ2) is 6.36. The third-order valence-electron chi connectivity index (χ3n) is 3.03. The molecule has 0 bridgehead atoms. The van der Waals surface area contributed by atoms with Crippen molar-refractivity contribution in [2.75, 3.05) is 6.54 Å². The zero-order chi connectivity index (χ0) is 13.7. The predicted octanol–water partition coefficient (Wildman–Crippen LogP) is 2.52.